The van der Waals surface area contributed by atoms with Crippen LogP contribution in [-0.2, 0) is 4.74 Å². The molecule has 1 fully saturated rings. The lowest BCUT2D eigenvalue weighted by atomic mass is 9.82. The molecule has 2 aliphatic rings. The second kappa shape index (κ2) is 6.32. The summed E-state index contributed by atoms with van der Waals surface area (Å²) in [6, 6.07) is 10.2. The number of nitrogens with zero attached hydrogens (tertiary/aromatic N) is 2. The number of rotatable bonds is 1. The molecule has 2 aliphatic heterocycles. The van der Waals surface area contributed by atoms with Gasteiger partial charge in [0.15, 0.2) is 0 Å². The Bertz CT molecular complexity index is 709. The first kappa shape index (κ1) is 16.6. The summed E-state index contributed by atoms with van der Waals surface area (Å²) >= 11 is 0. The summed E-state index contributed by atoms with van der Waals surface area (Å²) in [7, 11) is 0. The van der Waals surface area contributed by atoms with Crippen LogP contribution in [0.3, 0.4) is 0 Å². The Hall–Kier alpha value is -2.28. The molecule has 0 aromatic heterocycles. The molecule has 2 bridgehead atoms. The SMILES string of the molecule is CC(C)(C)OC(=O)N1C2C=C(c3ccccc3C#N)CC1CCC2. The van der Waals surface area contributed by atoms with Crippen LogP contribution in [0, 0.1) is 11.3 Å². The maximum Gasteiger partial charge on any atom is 0.411 e. The smallest absolute Gasteiger partial charge is 0.411 e. The number of hydrogen-bond acceptors (Lipinski definition) is 3. The highest BCUT2D eigenvalue weighted by Crippen LogP contribution is 2.38. The fourth-order valence-electron chi connectivity index (χ4n) is 3.69. The van der Waals surface area contributed by atoms with E-state index in [0.717, 1.165) is 31.2 Å². The topological polar surface area (TPSA) is 53.3 Å². The molecule has 24 heavy (non-hydrogen) atoms. The molecule has 1 aromatic carbocycles. The average molecular weight is 324 g/mol. The molecule has 2 heterocycles. The van der Waals surface area contributed by atoms with Crippen molar-refractivity contribution in [3.05, 3.63) is 41.5 Å². The third-order valence-electron chi connectivity index (χ3n) is 4.63. The van der Waals surface area contributed by atoms with Gasteiger partial charge in [0, 0.05) is 6.04 Å². The van der Waals surface area contributed by atoms with E-state index in [-0.39, 0.29) is 18.2 Å². The second-order valence-electron chi connectivity index (χ2n) is 7.59. The van der Waals surface area contributed by atoms with E-state index in [2.05, 4.69) is 12.1 Å². The second-order valence-corrected chi connectivity index (χ2v) is 7.59. The molecule has 1 saturated heterocycles. The molecule has 2 unspecified atom stereocenters. The van der Waals surface area contributed by atoms with Crippen molar-refractivity contribution in [3.8, 4) is 6.07 Å². The third-order valence-corrected chi connectivity index (χ3v) is 4.63. The lowest BCUT2D eigenvalue weighted by molar-refractivity contribution is 0.0000859. The van der Waals surface area contributed by atoms with Crippen LogP contribution in [0.25, 0.3) is 5.57 Å². The molecule has 1 amide bonds. The highest BCUT2D eigenvalue weighted by molar-refractivity contribution is 5.76. The van der Waals surface area contributed by atoms with Crippen LogP contribution in [0.2, 0.25) is 0 Å². The van der Waals surface area contributed by atoms with Crippen LogP contribution in [0.5, 0.6) is 0 Å². The molecule has 0 aliphatic carbocycles. The zero-order chi connectivity index (χ0) is 17.3. The van der Waals surface area contributed by atoms with Crippen molar-refractivity contribution >= 4 is 11.7 Å². The Labute approximate surface area is 143 Å². The van der Waals surface area contributed by atoms with E-state index in [1.54, 1.807) is 0 Å². The number of carbonyl (C=O) groups is 1. The lowest BCUT2D eigenvalue weighted by Crippen LogP contribution is -2.53. The van der Waals surface area contributed by atoms with E-state index in [4.69, 9.17) is 4.74 Å². The quantitative estimate of drug-likeness (QED) is 0.764. The maximum atomic E-state index is 12.6. The minimum Gasteiger partial charge on any atom is -0.444 e. The largest absolute Gasteiger partial charge is 0.444 e. The Morgan fingerprint density at radius 2 is 2.04 bits per heavy atom. The number of carbonyl (C=O) groups excluding carboxylic acids is 1. The number of piperidine rings is 1. The molecular formula is C20H24N2O2. The summed E-state index contributed by atoms with van der Waals surface area (Å²) in [5, 5.41) is 9.36. The van der Waals surface area contributed by atoms with Gasteiger partial charge in [0.05, 0.1) is 17.7 Å². The molecule has 3 rings (SSSR count). The van der Waals surface area contributed by atoms with Crippen molar-refractivity contribution in [2.45, 2.75) is 64.1 Å². The van der Waals surface area contributed by atoms with Crippen LogP contribution < -0.4 is 0 Å². The van der Waals surface area contributed by atoms with Gasteiger partial charge in [-0.2, -0.15) is 5.26 Å². The summed E-state index contributed by atoms with van der Waals surface area (Å²) < 4.78 is 5.60. The van der Waals surface area contributed by atoms with Gasteiger partial charge < -0.3 is 4.74 Å². The van der Waals surface area contributed by atoms with E-state index in [1.807, 2.05) is 49.9 Å². The van der Waals surface area contributed by atoms with E-state index in [0.29, 0.717) is 5.56 Å². The molecule has 1 aromatic rings. The Morgan fingerprint density at radius 1 is 1.29 bits per heavy atom. The number of benzene rings is 1. The molecule has 0 radical (unpaired) electrons. The van der Waals surface area contributed by atoms with Gasteiger partial charge in [-0.25, -0.2) is 4.79 Å². The average Bonchev–Trinajstić information content (AvgIpc) is 2.52. The standard InChI is InChI=1S/C20H24N2O2/c1-20(2,3)24-19(23)22-16-8-6-9-17(22)12-15(11-16)18-10-5-4-7-14(18)13-21/h4-5,7,10-11,16-17H,6,8-9,12H2,1-3H3. The molecule has 4 nitrogen and oxygen atoms in total. The Balaban J connectivity index is 1.91. The molecule has 0 spiro atoms. The van der Waals surface area contributed by atoms with Crippen LogP contribution in [0.15, 0.2) is 30.3 Å². The van der Waals surface area contributed by atoms with E-state index in [1.165, 1.54) is 5.57 Å². The monoisotopic (exact) mass is 324 g/mol. The van der Waals surface area contributed by atoms with Gasteiger partial charge in [-0.15, -0.1) is 0 Å². The zero-order valence-electron chi connectivity index (χ0n) is 14.6. The van der Waals surface area contributed by atoms with Gasteiger partial charge in [-0.1, -0.05) is 24.3 Å². The van der Waals surface area contributed by atoms with Crippen molar-refractivity contribution < 1.29 is 9.53 Å². The third kappa shape index (κ3) is 3.31. The summed E-state index contributed by atoms with van der Waals surface area (Å²) in [5.41, 5.74) is 2.40. The number of nitriles is 1. The van der Waals surface area contributed by atoms with Crippen LogP contribution in [0.1, 0.15) is 57.6 Å². The summed E-state index contributed by atoms with van der Waals surface area (Å²) in [6.07, 6.45) is 5.79. The lowest BCUT2D eigenvalue weighted by Gasteiger charge is -2.45. The summed E-state index contributed by atoms with van der Waals surface area (Å²) in [4.78, 5) is 14.5. The van der Waals surface area contributed by atoms with Crippen LogP contribution in [-0.4, -0.2) is 28.7 Å². The number of fused-ring (bicyclic) bond motifs is 2. The van der Waals surface area contributed by atoms with Crippen molar-refractivity contribution in [1.82, 2.24) is 4.90 Å². The Kier molecular flexibility index (Phi) is 4.36. The molecule has 2 atom stereocenters. The van der Waals surface area contributed by atoms with Crippen molar-refractivity contribution in [2.75, 3.05) is 0 Å². The zero-order valence-corrected chi connectivity index (χ0v) is 14.6. The van der Waals surface area contributed by atoms with E-state index in [9.17, 15) is 10.1 Å². The van der Waals surface area contributed by atoms with Gasteiger partial charge in [-0.05, 0) is 63.7 Å². The summed E-state index contributed by atoms with van der Waals surface area (Å²) in [6.45, 7) is 5.69. The van der Waals surface area contributed by atoms with Crippen molar-refractivity contribution in [3.63, 3.8) is 0 Å². The minimum atomic E-state index is -0.483. The maximum absolute atomic E-state index is 12.6. The fourth-order valence-corrected chi connectivity index (χ4v) is 3.69. The highest BCUT2D eigenvalue weighted by Gasteiger charge is 2.39. The normalized spacial score (nSPS) is 23.2. The first-order chi connectivity index (χ1) is 11.4. The molecule has 126 valence electrons. The molecule has 0 N–H and O–H groups in total. The van der Waals surface area contributed by atoms with E-state index >= 15 is 0 Å². The van der Waals surface area contributed by atoms with Gasteiger partial charge in [0.1, 0.15) is 5.60 Å². The predicted molar refractivity (Wildman–Crippen MR) is 93.3 cm³/mol. The van der Waals surface area contributed by atoms with E-state index < -0.39 is 5.60 Å². The van der Waals surface area contributed by atoms with Gasteiger partial charge in [0.2, 0.25) is 0 Å². The van der Waals surface area contributed by atoms with Crippen molar-refractivity contribution in [1.29, 1.82) is 5.26 Å². The predicted octanol–water partition coefficient (Wildman–Crippen LogP) is 4.50. The van der Waals surface area contributed by atoms with Crippen LogP contribution in [0.4, 0.5) is 4.79 Å². The number of amides is 1. The van der Waals surface area contributed by atoms with Crippen LogP contribution >= 0.6 is 0 Å². The molecule has 4 heteroatoms. The van der Waals surface area contributed by atoms with Crippen molar-refractivity contribution in [2.24, 2.45) is 0 Å². The number of hydrogen-bond donors (Lipinski definition) is 0. The number of ether oxygens (including phenoxy) is 1. The molecular weight excluding hydrogens is 300 g/mol. The highest BCUT2D eigenvalue weighted by atomic mass is 16.6. The minimum absolute atomic E-state index is 0.0640. The van der Waals surface area contributed by atoms with Gasteiger partial charge >= 0.3 is 6.09 Å². The first-order valence-corrected chi connectivity index (χ1v) is 8.60. The Morgan fingerprint density at radius 3 is 2.71 bits per heavy atom. The molecule has 0 saturated carbocycles. The first-order valence-electron chi connectivity index (χ1n) is 8.60. The fraction of sp³-hybridized carbons (Fsp3) is 0.500. The van der Waals surface area contributed by atoms with Gasteiger partial charge in [0.25, 0.3) is 0 Å². The summed E-state index contributed by atoms with van der Waals surface area (Å²) in [5.74, 6) is 0. The van der Waals surface area contributed by atoms with Gasteiger partial charge in [-0.3, -0.25) is 4.90 Å².